The number of esters is 2. The van der Waals surface area contributed by atoms with Crippen molar-refractivity contribution in [1.29, 1.82) is 0 Å². The van der Waals surface area contributed by atoms with Crippen LogP contribution in [0.4, 0.5) is 0 Å². The van der Waals surface area contributed by atoms with Crippen LogP contribution in [0.2, 0.25) is 0 Å². The Hall–Kier alpha value is -0.412. The largest absolute Gasteiger partial charge is 0.466 e. The normalized spacial score (nSPS) is 11.3. The second-order valence-corrected chi connectivity index (χ2v) is 14.9. The topological polar surface area (TPSA) is 55.8 Å². The second-order valence-electron chi connectivity index (χ2n) is 14.9. The van der Waals surface area contributed by atoms with Gasteiger partial charge in [-0.05, 0) is 70.9 Å². The summed E-state index contributed by atoms with van der Waals surface area (Å²) in [6.45, 7) is 14.6. The first kappa shape index (κ1) is 51.7. The minimum Gasteiger partial charge on any atom is -0.466 e. The number of hydrogen-bond acceptors (Lipinski definition) is 5. The Kier molecular flexibility index (Phi) is 44.5. The first-order valence-electron chi connectivity index (χ1n) is 21.9. The Morgan fingerprint density at radius 3 is 1.28 bits per heavy atom. The molecule has 50 heavy (non-hydrogen) atoms. The first-order valence-corrected chi connectivity index (χ1v) is 21.9. The van der Waals surface area contributed by atoms with Crippen LogP contribution in [-0.4, -0.2) is 49.2 Å². The summed E-state index contributed by atoms with van der Waals surface area (Å²) in [5.74, 6) is 0.0179. The SMILES string of the molecule is [CH2-]CN(CCCCCCCC(=O)OCCCCCCCCC)CCCCCCCC(=O)OC(CCCCCCCC)CCCCCCCC.[Mo]. The van der Waals surface area contributed by atoms with Crippen molar-refractivity contribution in [2.75, 3.05) is 26.2 Å². The maximum atomic E-state index is 12.7. The van der Waals surface area contributed by atoms with Gasteiger partial charge < -0.3 is 21.3 Å². The third-order valence-corrected chi connectivity index (χ3v) is 10.1. The molecule has 0 amide bonds. The summed E-state index contributed by atoms with van der Waals surface area (Å²) in [5.41, 5.74) is 0. The fraction of sp³-hybridized carbons (Fsp3) is 0.932. The number of nitrogens with zero attached hydrogens (tertiary/aromatic N) is 1. The van der Waals surface area contributed by atoms with E-state index in [1.807, 2.05) is 0 Å². The molecule has 0 fully saturated rings. The predicted octanol–water partition coefficient (Wildman–Crippen LogP) is 13.5. The molecule has 0 rings (SSSR count). The fourth-order valence-electron chi connectivity index (χ4n) is 6.73. The number of carbonyl (C=O) groups is 2. The molecule has 0 saturated carbocycles. The van der Waals surface area contributed by atoms with E-state index in [9.17, 15) is 9.59 Å². The zero-order valence-corrected chi connectivity index (χ0v) is 35.9. The summed E-state index contributed by atoms with van der Waals surface area (Å²) in [7, 11) is 0. The molecule has 0 aliphatic rings. The van der Waals surface area contributed by atoms with Crippen molar-refractivity contribution in [3.05, 3.63) is 6.92 Å². The molecule has 0 spiro atoms. The van der Waals surface area contributed by atoms with Crippen LogP contribution in [-0.2, 0) is 40.1 Å². The molecule has 0 aromatic carbocycles. The van der Waals surface area contributed by atoms with E-state index in [1.54, 1.807) is 0 Å². The quantitative estimate of drug-likeness (QED) is 0.0268. The second kappa shape index (κ2) is 43.0. The van der Waals surface area contributed by atoms with E-state index in [4.69, 9.17) is 9.47 Å². The zero-order chi connectivity index (χ0) is 35.9. The van der Waals surface area contributed by atoms with Crippen molar-refractivity contribution in [2.24, 2.45) is 0 Å². The zero-order valence-electron chi connectivity index (χ0n) is 33.9. The van der Waals surface area contributed by atoms with E-state index in [0.717, 1.165) is 64.6 Å². The molecule has 0 aromatic heterocycles. The molecular weight excluding hydrogens is 702 g/mol. The van der Waals surface area contributed by atoms with Crippen molar-refractivity contribution < 1.29 is 40.1 Å². The Morgan fingerprint density at radius 1 is 0.480 bits per heavy atom. The van der Waals surface area contributed by atoms with Gasteiger partial charge in [-0.1, -0.05) is 162 Å². The van der Waals surface area contributed by atoms with Crippen molar-refractivity contribution >= 4 is 11.9 Å². The van der Waals surface area contributed by atoms with Crippen LogP contribution >= 0.6 is 0 Å². The maximum absolute atomic E-state index is 12.7. The van der Waals surface area contributed by atoms with Crippen LogP contribution in [0.3, 0.4) is 0 Å². The smallest absolute Gasteiger partial charge is 0.306 e. The number of carbonyl (C=O) groups excluding carboxylic acids is 2. The van der Waals surface area contributed by atoms with Crippen molar-refractivity contribution in [3.63, 3.8) is 0 Å². The number of rotatable bonds is 40. The van der Waals surface area contributed by atoms with Crippen molar-refractivity contribution in [1.82, 2.24) is 4.90 Å². The van der Waals surface area contributed by atoms with Gasteiger partial charge >= 0.3 is 11.9 Å². The van der Waals surface area contributed by atoms with E-state index in [2.05, 4.69) is 32.6 Å². The van der Waals surface area contributed by atoms with E-state index < -0.39 is 0 Å². The summed E-state index contributed by atoms with van der Waals surface area (Å²) >= 11 is 0. The molecule has 0 aromatic rings. The van der Waals surface area contributed by atoms with Gasteiger partial charge in [0.2, 0.25) is 0 Å². The summed E-state index contributed by atoms with van der Waals surface area (Å²) in [6, 6.07) is 0. The molecule has 0 aliphatic heterocycles. The van der Waals surface area contributed by atoms with E-state index in [0.29, 0.717) is 19.4 Å². The molecular formula is C44H86MoNO4-. The molecule has 6 heteroatoms. The van der Waals surface area contributed by atoms with Crippen LogP contribution in [0.25, 0.3) is 0 Å². The van der Waals surface area contributed by atoms with Crippen molar-refractivity contribution in [3.8, 4) is 0 Å². The minimum absolute atomic E-state index is 0. The molecule has 298 valence electrons. The molecule has 5 nitrogen and oxygen atoms in total. The van der Waals surface area contributed by atoms with Crippen LogP contribution in [0, 0.1) is 6.92 Å². The summed E-state index contributed by atoms with van der Waals surface area (Å²) in [4.78, 5) is 27.1. The van der Waals surface area contributed by atoms with Gasteiger partial charge in [0, 0.05) is 33.9 Å². The van der Waals surface area contributed by atoms with E-state index in [1.165, 1.54) is 154 Å². The number of hydrogen-bond donors (Lipinski definition) is 0. The van der Waals surface area contributed by atoms with Crippen LogP contribution in [0.1, 0.15) is 233 Å². The maximum Gasteiger partial charge on any atom is 0.306 e. The first-order chi connectivity index (χ1) is 24.1. The van der Waals surface area contributed by atoms with Crippen molar-refractivity contribution in [2.45, 2.75) is 239 Å². The molecule has 0 unspecified atom stereocenters. The average Bonchev–Trinajstić information content (AvgIpc) is 3.10. The van der Waals surface area contributed by atoms with Gasteiger partial charge in [-0.25, -0.2) is 0 Å². The monoisotopic (exact) mass is 791 g/mol. The summed E-state index contributed by atoms with van der Waals surface area (Å²) < 4.78 is 11.4. The third-order valence-electron chi connectivity index (χ3n) is 10.1. The molecule has 0 aliphatic carbocycles. The third kappa shape index (κ3) is 38.8. The summed E-state index contributed by atoms with van der Waals surface area (Å²) in [5, 5.41) is 0. The minimum atomic E-state index is -0.0135. The van der Waals surface area contributed by atoms with Crippen LogP contribution in [0.15, 0.2) is 0 Å². The fourth-order valence-corrected chi connectivity index (χ4v) is 6.73. The van der Waals surface area contributed by atoms with Gasteiger partial charge in [0.05, 0.1) is 6.61 Å². The van der Waals surface area contributed by atoms with Gasteiger partial charge in [-0.3, -0.25) is 9.59 Å². The Bertz CT molecular complexity index is 675. The van der Waals surface area contributed by atoms with Gasteiger partial charge in [-0.15, -0.1) is 6.54 Å². The Morgan fingerprint density at radius 2 is 0.840 bits per heavy atom. The van der Waals surface area contributed by atoms with Gasteiger partial charge in [-0.2, -0.15) is 0 Å². The molecule has 0 bridgehead atoms. The molecule has 0 heterocycles. The van der Waals surface area contributed by atoms with Gasteiger partial charge in [0.1, 0.15) is 6.10 Å². The Balaban J connectivity index is 0. The predicted molar refractivity (Wildman–Crippen MR) is 212 cm³/mol. The average molecular weight is 789 g/mol. The van der Waals surface area contributed by atoms with E-state index in [-0.39, 0.29) is 39.1 Å². The molecule has 0 radical (unpaired) electrons. The van der Waals surface area contributed by atoms with Crippen LogP contribution in [0.5, 0.6) is 0 Å². The molecule has 0 saturated heterocycles. The molecule has 0 atom stereocenters. The standard InChI is InChI=1S/C44H86NO4.Mo/c1-5-9-12-15-18-27-34-41-48-43(46)37-30-23-19-25-32-39-45(8-4)40-33-26-20-24-31-38-44(47)49-42(35-28-21-16-13-10-6-2)36-29-22-17-14-11-7-3;/h42H,4-41H2,1-3H3;/q-1;. The van der Waals surface area contributed by atoms with Gasteiger partial charge in [0.25, 0.3) is 0 Å². The number of unbranched alkanes of at least 4 members (excludes halogenated alkanes) is 24. The molecule has 0 N–H and O–H groups in total. The van der Waals surface area contributed by atoms with Crippen LogP contribution < -0.4 is 0 Å². The summed E-state index contributed by atoms with van der Waals surface area (Å²) in [6.07, 6.45) is 39.0. The number of ether oxygens (including phenoxy) is 2. The Labute approximate surface area is 327 Å². The van der Waals surface area contributed by atoms with Gasteiger partial charge in [0.15, 0.2) is 0 Å². The van der Waals surface area contributed by atoms with E-state index >= 15 is 0 Å².